The van der Waals surface area contributed by atoms with Gasteiger partial charge in [0.1, 0.15) is 17.8 Å². The molecule has 0 radical (unpaired) electrons. The Kier molecular flexibility index (Phi) is 5.02. The van der Waals surface area contributed by atoms with Gasteiger partial charge in [0.2, 0.25) is 0 Å². The van der Waals surface area contributed by atoms with E-state index in [9.17, 15) is 4.79 Å². The van der Waals surface area contributed by atoms with E-state index in [2.05, 4.69) is 50.9 Å². The van der Waals surface area contributed by atoms with Crippen molar-refractivity contribution >= 4 is 43.7 Å². The van der Waals surface area contributed by atoms with Gasteiger partial charge in [-0.2, -0.15) is 0 Å². The molecule has 0 bridgehead atoms. The first-order valence-corrected chi connectivity index (χ1v) is 9.34. The standard InChI is InChI=1S/C19H16Br2O2/c1-12-4-2-3-5-14(12)19-16(11-22)15-10-13(21)6-7-17(15)23-18(19)8-9-20/h2-7,10-11,16H,8-9H2,1H3. The van der Waals surface area contributed by atoms with Crippen molar-refractivity contribution in [3.05, 3.63) is 69.4 Å². The van der Waals surface area contributed by atoms with Crippen LogP contribution in [0, 0.1) is 6.92 Å². The SMILES string of the molecule is Cc1ccccc1C1=C(CCBr)Oc2ccc(Br)cc2C1C=O. The summed E-state index contributed by atoms with van der Waals surface area (Å²) in [5.74, 6) is 1.31. The van der Waals surface area contributed by atoms with Gasteiger partial charge in [-0.15, -0.1) is 0 Å². The number of hydrogen-bond donors (Lipinski definition) is 0. The Bertz CT molecular complexity index is 781. The number of rotatable bonds is 4. The Morgan fingerprint density at radius 1 is 1.22 bits per heavy atom. The van der Waals surface area contributed by atoms with Crippen molar-refractivity contribution < 1.29 is 9.53 Å². The van der Waals surface area contributed by atoms with E-state index in [1.54, 1.807) is 0 Å². The van der Waals surface area contributed by atoms with Gasteiger partial charge < -0.3 is 9.53 Å². The first kappa shape index (κ1) is 16.5. The van der Waals surface area contributed by atoms with Crippen LogP contribution in [-0.2, 0) is 4.79 Å². The second kappa shape index (κ2) is 7.02. The van der Waals surface area contributed by atoms with Crippen LogP contribution in [0.1, 0.15) is 29.0 Å². The van der Waals surface area contributed by atoms with Crippen LogP contribution in [0.25, 0.3) is 5.57 Å². The second-order valence-electron chi connectivity index (χ2n) is 5.49. The first-order valence-electron chi connectivity index (χ1n) is 7.43. The largest absolute Gasteiger partial charge is 0.461 e. The summed E-state index contributed by atoms with van der Waals surface area (Å²) in [7, 11) is 0. The molecule has 23 heavy (non-hydrogen) atoms. The molecule has 1 aliphatic heterocycles. The number of allylic oxidation sites excluding steroid dienone is 2. The fourth-order valence-corrected chi connectivity index (χ4v) is 3.72. The smallest absolute Gasteiger partial charge is 0.132 e. The molecule has 1 heterocycles. The first-order chi connectivity index (χ1) is 11.2. The average Bonchev–Trinajstić information content (AvgIpc) is 2.55. The van der Waals surface area contributed by atoms with Crippen molar-refractivity contribution in [1.29, 1.82) is 0 Å². The molecule has 1 atom stereocenters. The quantitative estimate of drug-likeness (QED) is 0.459. The van der Waals surface area contributed by atoms with Gasteiger partial charge in [0.05, 0.1) is 5.92 Å². The molecule has 1 aliphatic rings. The van der Waals surface area contributed by atoms with Gasteiger partial charge in [-0.1, -0.05) is 56.1 Å². The van der Waals surface area contributed by atoms with Gasteiger partial charge in [0.15, 0.2) is 0 Å². The summed E-state index contributed by atoms with van der Waals surface area (Å²) in [6, 6.07) is 13.9. The van der Waals surface area contributed by atoms with E-state index in [-0.39, 0.29) is 5.92 Å². The van der Waals surface area contributed by atoms with Crippen LogP contribution in [0.5, 0.6) is 5.75 Å². The number of benzene rings is 2. The zero-order valence-electron chi connectivity index (χ0n) is 12.7. The molecule has 0 amide bonds. The maximum atomic E-state index is 12.0. The lowest BCUT2D eigenvalue weighted by Gasteiger charge is -2.29. The van der Waals surface area contributed by atoms with Gasteiger partial charge in [-0.25, -0.2) is 0 Å². The van der Waals surface area contributed by atoms with Crippen LogP contribution in [0.15, 0.2) is 52.7 Å². The van der Waals surface area contributed by atoms with Crippen LogP contribution in [0.3, 0.4) is 0 Å². The number of alkyl halides is 1. The summed E-state index contributed by atoms with van der Waals surface area (Å²) < 4.78 is 7.10. The molecule has 2 aromatic carbocycles. The Morgan fingerprint density at radius 2 is 2.00 bits per heavy atom. The van der Waals surface area contributed by atoms with Gasteiger partial charge in [0.25, 0.3) is 0 Å². The van der Waals surface area contributed by atoms with Crippen molar-refractivity contribution in [2.24, 2.45) is 0 Å². The highest BCUT2D eigenvalue weighted by Crippen LogP contribution is 2.45. The normalized spacial score (nSPS) is 16.7. The fourth-order valence-electron chi connectivity index (χ4n) is 2.98. The molecule has 3 rings (SSSR count). The van der Waals surface area contributed by atoms with Crippen LogP contribution in [0.4, 0.5) is 0 Å². The molecule has 4 heteroatoms. The van der Waals surface area contributed by atoms with E-state index < -0.39 is 0 Å². The van der Waals surface area contributed by atoms with E-state index in [4.69, 9.17) is 4.74 Å². The van der Waals surface area contributed by atoms with Gasteiger partial charge in [0, 0.05) is 27.4 Å². The molecule has 1 unspecified atom stereocenters. The number of carbonyl (C=O) groups excluding carboxylic acids is 1. The number of carbonyl (C=O) groups is 1. The summed E-state index contributed by atoms with van der Waals surface area (Å²) in [6.07, 6.45) is 1.76. The van der Waals surface area contributed by atoms with Crippen LogP contribution in [-0.4, -0.2) is 11.6 Å². The average molecular weight is 436 g/mol. The van der Waals surface area contributed by atoms with Gasteiger partial charge in [-0.05, 0) is 36.2 Å². The lowest BCUT2D eigenvalue weighted by molar-refractivity contribution is -0.108. The number of aldehydes is 1. The predicted molar refractivity (Wildman–Crippen MR) is 100 cm³/mol. The molecule has 0 aliphatic carbocycles. The van der Waals surface area contributed by atoms with Crippen LogP contribution < -0.4 is 4.74 Å². The number of aryl methyl sites for hydroxylation is 1. The summed E-state index contributed by atoms with van der Waals surface area (Å²) >= 11 is 6.98. The minimum absolute atomic E-state index is 0.314. The minimum Gasteiger partial charge on any atom is -0.461 e. The number of halogens is 2. The molecule has 0 saturated heterocycles. The maximum absolute atomic E-state index is 12.0. The molecule has 2 nitrogen and oxygen atoms in total. The molecular weight excluding hydrogens is 420 g/mol. The molecule has 0 saturated carbocycles. The number of hydrogen-bond acceptors (Lipinski definition) is 2. The van der Waals surface area contributed by atoms with Crippen LogP contribution >= 0.6 is 31.9 Å². The van der Waals surface area contributed by atoms with E-state index >= 15 is 0 Å². The van der Waals surface area contributed by atoms with Crippen LogP contribution in [0.2, 0.25) is 0 Å². The molecule has 0 fully saturated rings. The third-order valence-corrected chi connectivity index (χ3v) is 4.93. The van der Waals surface area contributed by atoms with E-state index in [0.29, 0.717) is 0 Å². The Morgan fingerprint density at radius 3 is 2.70 bits per heavy atom. The third-order valence-electron chi connectivity index (χ3n) is 4.04. The highest BCUT2D eigenvalue weighted by atomic mass is 79.9. The van der Waals surface area contributed by atoms with Crippen molar-refractivity contribution in [1.82, 2.24) is 0 Å². The fraction of sp³-hybridized carbons (Fsp3) is 0.211. The van der Waals surface area contributed by atoms with E-state index in [1.165, 1.54) is 0 Å². The summed E-state index contributed by atoms with van der Waals surface area (Å²) in [5.41, 5.74) is 4.10. The van der Waals surface area contributed by atoms with Crippen molar-refractivity contribution in [2.45, 2.75) is 19.3 Å². The predicted octanol–water partition coefficient (Wildman–Crippen LogP) is 5.63. The van der Waals surface area contributed by atoms with Gasteiger partial charge >= 0.3 is 0 Å². The van der Waals surface area contributed by atoms with Gasteiger partial charge in [-0.3, -0.25) is 0 Å². The summed E-state index contributed by atoms with van der Waals surface area (Å²) in [4.78, 5) is 12.0. The second-order valence-corrected chi connectivity index (χ2v) is 7.20. The Hall–Kier alpha value is -1.39. The zero-order valence-corrected chi connectivity index (χ0v) is 15.9. The Labute approximate surface area is 152 Å². The highest BCUT2D eigenvalue weighted by Gasteiger charge is 2.31. The molecule has 0 N–H and O–H groups in total. The van der Waals surface area contributed by atoms with Crippen molar-refractivity contribution in [2.75, 3.05) is 5.33 Å². The minimum atomic E-state index is -0.314. The number of fused-ring (bicyclic) bond motifs is 1. The maximum Gasteiger partial charge on any atom is 0.132 e. The zero-order chi connectivity index (χ0) is 16.4. The van der Waals surface area contributed by atoms with Crippen molar-refractivity contribution in [3.63, 3.8) is 0 Å². The summed E-state index contributed by atoms with van der Waals surface area (Å²) in [5, 5.41) is 0.787. The third kappa shape index (κ3) is 3.15. The van der Waals surface area contributed by atoms with E-state index in [0.717, 1.165) is 56.3 Å². The molecule has 0 spiro atoms. The molecule has 0 aromatic heterocycles. The topological polar surface area (TPSA) is 26.3 Å². The molecule has 2 aromatic rings. The highest BCUT2D eigenvalue weighted by molar-refractivity contribution is 9.10. The van der Waals surface area contributed by atoms with E-state index in [1.807, 2.05) is 30.3 Å². The molecular formula is C19H16Br2O2. The summed E-state index contributed by atoms with van der Waals surface area (Å²) in [6.45, 7) is 2.06. The Balaban J connectivity index is 2.23. The molecule has 118 valence electrons. The van der Waals surface area contributed by atoms with Crippen molar-refractivity contribution in [3.8, 4) is 5.75 Å². The lowest BCUT2D eigenvalue weighted by Crippen LogP contribution is -2.17. The lowest BCUT2D eigenvalue weighted by atomic mass is 9.83. The number of ether oxygens (including phenoxy) is 1. The monoisotopic (exact) mass is 434 g/mol.